The van der Waals surface area contributed by atoms with Crippen LogP contribution in [0.4, 0.5) is 0 Å². The van der Waals surface area contributed by atoms with Crippen molar-refractivity contribution in [2.75, 3.05) is 6.16 Å². The molecule has 2 nitrogen and oxygen atoms in total. The van der Waals surface area contributed by atoms with E-state index < -0.39 is 21.4 Å². The van der Waals surface area contributed by atoms with E-state index in [1.165, 1.54) is 0 Å². The van der Waals surface area contributed by atoms with E-state index in [0.717, 1.165) is 16.5 Å². The summed E-state index contributed by atoms with van der Waals surface area (Å²) in [6.07, 6.45) is 1.85. The molecule has 2 unspecified atom stereocenters. The van der Waals surface area contributed by atoms with Gasteiger partial charge < -0.3 is 0 Å². The largest absolute Gasteiger partial charge is 0.235 e. The monoisotopic (exact) mass is 340 g/mol. The molecule has 0 heterocycles. The highest BCUT2D eigenvalue weighted by Crippen LogP contribution is 2.68. The number of rotatable bonds is 5. The highest BCUT2D eigenvalue weighted by atomic mass is 35.9. The Morgan fingerprint density at radius 2 is 1.92 bits per heavy atom. The number of hydrogen-bond donors (Lipinski definition) is 0. The highest BCUT2D eigenvalue weighted by Gasteiger charge is 2.20. The average Bonchev–Trinajstić information content (AvgIpc) is 2.03. The molecule has 10 heteroatoms. The van der Waals surface area contributed by atoms with Crippen LogP contribution in [-0.2, 0) is 0 Å². The summed E-state index contributed by atoms with van der Waals surface area (Å²) in [6, 6.07) is 0. The van der Waals surface area contributed by atoms with Gasteiger partial charge in [-0.25, -0.2) is 4.52 Å². The minimum atomic E-state index is -1.44. The van der Waals surface area contributed by atoms with Crippen molar-refractivity contribution >= 4 is 78.2 Å². The lowest BCUT2D eigenvalue weighted by Gasteiger charge is -2.15. The maximum Gasteiger partial charge on any atom is 0.208 e. The Morgan fingerprint density at radius 3 is 2.31 bits per heavy atom. The zero-order valence-electron chi connectivity index (χ0n) is 6.59. The van der Waals surface area contributed by atoms with Crippen molar-refractivity contribution in [1.82, 2.24) is 3.96 Å². The van der Waals surface area contributed by atoms with E-state index in [1.54, 1.807) is 0 Å². The summed E-state index contributed by atoms with van der Waals surface area (Å²) in [6.45, 7) is 0.598. The second-order valence-corrected chi connectivity index (χ2v) is 11.5. The van der Waals surface area contributed by atoms with Crippen molar-refractivity contribution in [2.45, 2.75) is 13.3 Å². The maximum atomic E-state index is 5.93. The van der Waals surface area contributed by atoms with Crippen LogP contribution in [-0.4, -0.2) is 10.1 Å². The predicted molar refractivity (Wildman–Crippen MR) is 70.8 cm³/mol. The first-order chi connectivity index (χ1) is 5.99. The van der Waals surface area contributed by atoms with Gasteiger partial charge in [-0.15, -0.1) is 3.96 Å². The van der Waals surface area contributed by atoms with Crippen LogP contribution >= 0.6 is 78.2 Å². The van der Waals surface area contributed by atoms with Crippen molar-refractivity contribution in [1.29, 1.82) is 0 Å². The first-order valence-corrected chi connectivity index (χ1v) is 11.5. The molecule has 0 radical (unpaired) electrons. The second kappa shape index (κ2) is 8.63. The Bertz CT molecular complexity index is 178. The summed E-state index contributed by atoms with van der Waals surface area (Å²) in [4.78, 5) is 0. The van der Waals surface area contributed by atoms with Crippen LogP contribution in [0.3, 0.4) is 0 Å². The van der Waals surface area contributed by atoms with Crippen LogP contribution in [0.5, 0.6) is 0 Å². The molecule has 0 aliphatic carbocycles. The lowest BCUT2D eigenvalue weighted by atomic mass is 10.6. The summed E-state index contributed by atoms with van der Waals surface area (Å²) in [5.74, 6) is 0. The Kier molecular flexibility index (Phi) is 10.3. The quantitative estimate of drug-likeness (QED) is 0.407. The fourth-order valence-corrected chi connectivity index (χ4v) is 8.14. The first-order valence-electron chi connectivity index (χ1n) is 3.25. The van der Waals surface area contributed by atoms with Crippen LogP contribution in [0.1, 0.15) is 13.3 Å². The Hall–Kier alpha value is 2.50. The van der Waals surface area contributed by atoms with E-state index in [2.05, 4.69) is 4.52 Å². The molecular weight excluding hydrogens is 334 g/mol. The molecule has 0 aliphatic heterocycles. The average molecular weight is 342 g/mol. The fourth-order valence-electron chi connectivity index (χ4n) is 0.439. The summed E-state index contributed by atoms with van der Waals surface area (Å²) < 4.78 is 5.26. The van der Waals surface area contributed by atoms with Gasteiger partial charge in [0.25, 0.3) is 0 Å². The van der Waals surface area contributed by atoms with Crippen LogP contribution in [0.2, 0.25) is 0 Å². The zero-order valence-corrected chi connectivity index (χ0v) is 13.2. The van der Waals surface area contributed by atoms with E-state index in [9.17, 15) is 0 Å². The van der Waals surface area contributed by atoms with Gasteiger partial charge in [0.1, 0.15) is 0 Å². The van der Waals surface area contributed by atoms with Crippen LogP contribution in [0.15, 0.2) is 4.52 Å². The van der Waals surface area contributed by atoms with Gasteiger partial charge in [-0.1, -0.05) is 40.6 Å². The Morgan fingerprint density at radius 1 is 1.38 bits per heavy atom. The maximum absolute atomic E-state index is 5.93. The van der Waals surface area contributed by atoms with Gasteiger partial charge in [-0.3, -0.25) is 0 Å². The third-order valence-electron chi connectivity index (χ3n) is 0.908. The normalized spacial score (nSPS) is 16.9. The van der Waals surface area contributed by atoms with Crippen molar-refractivity contribution in [2.24, 2.45) is 4.52 Å². The molecule has 0 amide bonds. The molecule has 0 aromatic heterocycles. The molecule has 13 heavy (non-hydrogen) atoms. The fraction of sp³-hybridized carbons (Fsp3) is 1.00. The molecule has 0 rings (SSSR count). The molecule has 0 aromatic carbocycles. The standard InChI is InChI=1S/C3H8Cl5N2P3/c1-2-3-11(5)9-13(8)10(4)12(6)7/h11H,2-3H2,1H3. The minimum absolute atomic E-state index is 0.866. The third-order valence-corrected chi connectivity index (χ3v) is 10.7. The van der Waals surface area contributed by atoms with E-state index in [1.807, 2.05) is 6.92 Å². The molecule has 0 N–H and O–H groups in total. The molecule has 0 saturated carbocycles. The summed E-state index contributed by atoms with van der Waals surface area (Å²) in [5.41, 5.74) is 0. The lowest BCUT2D eigenvalue weighted by Crippen LogP contribution is -1.83. The highest BCUT2D eigenvalue weighted by molar-refractivity contribution is 8.08. The third kappa shape index (κ3) is 7.40. The molecule has 0 saturated heterocycles. The van der Waals surface area contributed by atoms with Gasteiger partial charge in [0, 0.05) is 0 Å². The Labute approximate surface area is 106 Å². The lowest BCUT2D eigenvalue weighted by molar-refractivity contribution is 1.10. The number of nitrogens with zero attached hydrogens (tertiary/aromatic N) is 2. The van der Waals surface area contributed by atoms with Crippen molar-refractivity contribution < 1.29 is 0 Å². The van der Waals surface area contributed by atoms with Gasteiger partial charge in [-0.05, 0) is 35.6 Å². The molecule has 80 valence electrons. The first kappa shape index (κ1) is 15.5. The van der Waals surface area contributed by atoms with Crippen LogP contribution < -0.4 is 0 Å². The summed E-state index contributed by atoms with van der Waals surface area (Å²) >= 11 is 28.5. The van der Waals surface area contributed by atoms with E-state index >= 15 is 0 Å². The number of hydrogen-bond acceptors (Lipinski definition) is 2. The van der Waals surface area contributed by atoms with E-state index in [4.69, 9.17) is 56.7 Å². The van der Waals surface area contributed by atoms with Crippen molar-refractivity contribution in [3.05, 3.63) is 0 Å². The molecule has 2 atom stereocenters. The summed E-state index contributed by atoms with van der Waals surface area (Å²) in [5, 5.41) is 0. The molecule has 0 fully saturated rings. The van der Waals surface area contributed by atoms with Gasteiger partial charge in [0.05, 0.1) is 7.07 Å². The van der Waals surface area contributed by atoms with E-state index in [-0.39, 0.29) is 0 Å². The zero-order chi connectivity index (χ0) is 10.4. The van der Waals surface area contributed by atoms with Gasteiger partial charge in [0.15, 0.2) is 6.78 Å². The van der Waals surface area contributed by atoms with Gasteiger partial charge >= 0.3 is 0 Å². The van der Waals surface area contributed by atoms with Crippen molar-refractivity contribution in [3.8, 4) is 0 Å². The molecule has 0 aliphatic rings. The van der Waals surface area contributed by atoms with E-state index in [0.29, 0.717) is 0 Å². The molecule has 0 aromatic rings. The molecule has 0 spiro atoms. The summed E-state index contributed by atoms with van der Waals surface area (Å²) in [7, 11) is -2.61. The minimum Gasteiger partial charge on any atom is -0.235 e. The number of halogens is 5. The predicted octanol–water partition coefficient (Wildman–Crippen LogP) is 6.57. The molecule has 0 bridgehead atoms. The van der Waals surface area contributed by atoms with Crippen molar-refractivity contribution in [3.63, 3.8) is 0 Å². The van der Waals surface area contributed by atoms with Gasteiger partial charge in [-0.2, -0.15) is 0 Å². The second-order valence-electron chi connectivity index (χ2n) is 1.92. The smallest absolute Gasteiger partial charge is 0.208 e. The topological polar surface area (TPSA) is 15.6 Å². The van der Waals surface area contributed by atoms with Crippen LogP contribution in [0, 0.1) is 0 Å². The van der Waals surface area contributed by atoms with Gasteiger partial charge in [0.2, 0.25) is 7.58 Å². The Balaban J connectivity index is 4.10. The van der Waals surface area contributed by atoms with Crippen LogP contribution in [0.25, 0.3) is 0 Å². The SMILES string of the molecule is CCC[PH](Cl)=NP(Cl)N(Cl)P(Cl)Cl. The molecular formula is C3H8Cl5N2P3.